The molecular formula is C17H27NO. The monoisotopic (exact) mass is 261 g/mol. The van der Waals surface area contributed by atoms with Crippen LogP contribution in [0.1, 0.15) is 65.2 Å². The maximum absolute atomic E-state index is 10.7. The Morgan fingerprint density at radius 1 is 1.11 bits per heavy atom. The molecule has 1 saturated heterocycles. The highest BCUT2D eigenvalue weighted by Crippen LogP contribution is 2.18. The maximum Gasteiger partial charge on any atom is 0.203 e. The second kappa shape index (κ2) is 9.03. The zero-order valence-corrected chi connectivity index (χ0v) is 12.4. The van der Waals surface area contributed by atoms with Gasteiger partial charge in [-0.15, -0.1) is 0 Å². The van der Waals surface area contributed by atoms with E-state index in [0.717, 1.165) is 57.9 Å². The molecule has 0 aromatic rings. The molecule has 0 saturated carbocycles. The quantitative estimate of drug-likeness (QED) is 0.589. The fourth-order valence-corrected chi connectivity index (χ4v) is 2.17. The molecule has 0 aliphatic carbocycles. The summed E-state index contributed by atoms with van der Waals surface area (Å²) in [6, 6.07) is 0.00996. The zero-order valence-electron chi connectivity index (χ0n) is 12.4. The molecule has 0 radical (unpaired) electrons. The van der Waals surface area contributed by atoms with Crippen LogP contribution in [0.5, 0.6) is 0 Å². The molecule has 0 unspecified atom stereocenters. The Bertz CT molecular complexity index is 334. The summed E-state index contributed by atoms with van der Waals surface area (Å²) in [6.07, 6.45) is 8.20. The van der Waals surface area contributed by atoms with Crippen LogP contribution in [0.15, 0.2) is 0 Å². The Labute approximate surface area is 118 Å². The first kappa shape index (κ1) is 16.1. The molecule has 1 aliphatic heterocycles. The summed E-state index contributed by atoms with van der Waals surface area (Å²) >= 11 is 0. The summed E-state index contributed by atoms with van der Waals surface area (Å²) in [6.45, 7) is 5.26. The van der Waals surface area contributed by atoms with Crippen LogP contribution in [-0.2, 0) is 0 Å². The number of unbranched alkanes of at least 4 members (excludes halogenated alkanes) is 4. The lowest BCUT2D eigenvalue weighted by Gasteiger charge is -2.23. The number of nitrogens with one attached hydrogen (secondary N) is 1. The lowest BCUT2D eigenvalue weighted by molar-refractivity contribution is 0.123. The molecule has 1 rings (SSSR count). The van der Waals surface area contributed by atoms with Gasteiger partial charge in [0.15, 0.2) is 0 Å². The first-order valence-electron chi connectivity index (χ1n) is 7.68. The van der Waals surface area contributed by atoms with Gasteiger partial charge in [-0.2, -0.15) is 0 Å². The van der Waals surface area contributed by atoms with Crippen LogP contribution in [0.4, 0.5) is 0 Å². The molecule has 2 nitrogen and oxygen atoms in total. The van der Waals surface area contributed by atoms with Gasteiger partial charge in [0.2, 0.25) is 5.60 Å². The van der Waals surface area contributed by atoms with E-state index in [1.54, 1.807) is 0 Å². The Kier molecular flexibility index (Phi) is 7.65. The average molecular weight is 261 g/mol. The number of aliphatic hydroxyl groups is 1. The maximum atomic E-state index is 10.7. The third-order valence-electron chi connectivity index (χ3n) is 3.43. The van der Waals surface area contributed by atoms with Crippen molar-refractivity contribution >= 4 is 0 Å². The van der Waals surface area contributed by atoms with Gasteiger partial charge in [-0.05, 0) is 32.2 Å². The van der Waals surface area contributed by atoms with Crippen LogP contribution >= 0.6 is 0 Å². The van der Waals surface area contributed by atoms with Gasteiger partial charge in [-0.1, -0.05) is 50.4 Å². The minimum absolute atomic E-state index is 0.00996. The van der Waals surface area contributed by atoms with Crippen LogP contribution in [-0.4, -0.2) is 23.3 Å². The number of rotatable bonds is 5. The van der Waals surface area contributed by atoms with Crippen molar-refractivity contribution in [2.45, 2.75) is 76.9 Å². The zero-order chi connectivity index (χ0) is 14.0. The average Bonchev–Trinajstić information content (AvgIpc) is 2.95. The fourth-order valence-electron chi connectivity index (χ4n) is 2.17. The van der Waals surface area contributed by atoms with Gasteiger partial charge in [0.1, 0.15) is 0 Å². The summed E-state index contributed by atoms with van der Waals surface area (Å²) < 4.78 is 0. The molecule has 2 heteroatoms. The lowest BCUT2D eigenvalue weighted by atomic mass is 9.93. The van der Waals surface area contributed by atoms with Crippen molar-refractivity contribution in [3.8, 4) is 23.7 Å². The van der Waals surface area contributed by atoms with Crippen molar-refractivity contribution in [3.63, 3.8) is 0 Å². The van der Waals surface area contributed by atoms with Crippen LogP contribution in [0.25, 0.3) is 0 Å². The minimum Gasteiger partial charge on any atom is -0.366 e. The summed E-state index contributed by atoms with van der Waals surface area (Å²) in [4.78, 5) is 0. The van der Waals surface area contributed by atoms with Crippen molar-refractivity contribution in [3.05, 3.63) is 0 Å². The van der Waals surface area contributed by atoms with Crippen molar-refractivity contribution in [1.82, 2.24) is 5.32 Å². The van der Waals surface area contributed by atoms with E-state index in [1.165, 1.54) is 0 Å². The van der Waals surface area contributed by atoms with E-state index >= 15 is 0 Å². The van der Waals surface area contributed by atoms with Crippen molar-refractivity contribution < 1.29 is 5.11 Å². The molecule has 0 spiro atoms. The standard InChI is InChI=1S/C17H27NO/c1-3-5-7-9-13-17(19,14-10-8-6-4-2)16-12-11-15-18-16/h16,18-19H,3-8,11-12,15H2,1-2H3/t16-/m0/s1. The van der Waals surface area contributed by atoms with Crippen molar-refractivity contribution in [1.29, 1.82) is 0 Å². The molecule has 1 atom stereocenters. The molecule has 19 heavy (non-hydrogen) atoms. The molecule has 0 bridgehead atoms. The van der Waals surface area contributed by atoms with Crippen LogP contribution in [0, 0.1) is 23.7 Å². The molecule has 0 aromatic heterocycles. The number of hydrogen-bond donors (Lipinski definition) is 2. The molecule has 106 valence electrons. The van der Waals surface area contributed by atoms with Gasteiger partial charge in [0.05, 0.1) is 6.04 Å². The molecule has 1 fully saturated rings. The van der Waals surface area contributed by atoms with Gasteiger partial charge >= 0.3 is 0 Å². The van der Waals surface area contributed by atoms with Gasteiger partial charge in [-0.25, -0.2) is 0 Å². The summed E-state index contributed by atoms with van der Waals surface area (Å²) in [5.74, 6) is 12.2. The van der Waals surface area contributed by atoms with Crippen molar-refractivity contribution in [2.75, 3.05) is 6.54 Å². The topological polar surface area (TPSA) is 32.3 Å². The van der Waals surface area contributed by atoms with E-state index < -0.39 is 5.60 Å². The number of hydrogen-bond acceptors (Lipinski definition) is 2. The molecule has 0 amide bonds. The lowest BCUT2D eigenvalue weighted by Crippen LogP contribution is -2.45. The van der Waals surface area contributed by atoms with Gasteiger partial charge in [0.25, 0.3) is 0 Å². The highest BCUT2D eigenvalue weighted by Gasteiger charge is 2.35. The van der Waals surface area contributed by atoms with E-state index in [9.17, 15) is 5.11 Å². The summed E-state index contributed by atoms with van der Waals surface area (Å²) in [7, 11) is 0. The smallest absolute Gasteiger partial charge is 0.203 e. The second-order valence-corrected chi connectivity index (χ2v) is 5.23. The largest absolute Gasteiger partial charge is 0.366 e. The van der Waals surface area contributed by atoms with Gasteiger partial charge in [-0.3, -0.25) is 0 Å². The van der Waals surface area contributed by atoms with Crippen molar-refractivity contribution in [2.24, 2.45) is 0 Å². The van der Waals surface area contributed by atoms with E-state index in [0.29, 0.717) is 0 Å². The Balaban J connectivity index is 2.69. The molecule has 1 heterocycles. The summed E-state index contributed by atoms with van der Waals surface area (Å²) in [5.41, 5.74) is -1.15. The first-order valence-corrected chi connectivity index (χ1v) is 7.68. The molecule has 0 aromatic carbocycles. The SMILES string of the molecule is CCCCC#CC(O)(C#CCCCC)[C@@H]1CCCN1. The predicted molar refractivity (Wildman–Crippen MR) is 80.6 cm³/mol. The Hall–Kier alpha value is -0.960. The minimum atomic E-state index is -1.15. The second-order valence-electron chi connectivity index (χ2n) is 5.23. The first-order chi connectivity index (χ1) is 9.23. The summed E-state index contributed by atoms with van der Waals surface area (Å²) in [5, 5.41) is 14.0. The highest BCUT2D eigenvalue weighted by molar-refractivity contribution is 5.33. The molecule has 2 N–H and O–H groups in total. The van der Waals surface area contributed by atoms with E-state index in [4.69, 9.17) is 0 Å². The fraction of sp³-hybridized carbons (Fsp3) is 0.765. The van der Waals surface area contributed by atoms with E-state index in [1.807, 2.05) is 0 Å². The van der Waals surface area contributed by atoms with Gasteiger partial charge < -0.3 is 10.4 Å². The van der Waals surface area contributed by atoms with Crippen LogP contribution < -0.4 is 5.32 Å². The van der Waals surface area contributed by atoms with Crippen LogP contribution in [0.2, 0.25) is 0 Å². The van der Waals surface area contributed by atoms with Crippen LogP contribution in [0.3, 0.4) is 0 Å². The molecular weight excluding hydrogens is 234 g/mol. The predicted octanol–water partition coefficient (Wildman–Crippen LogP) is 2.86. The normalized spacial score (nSPS) is 18.4. The highest BCUT2D eigenvalue weighted by atomic mass is 16.3. The third kappa shape index (κ3) is 5.68. The van der Waals surface area contributed by atoms with E-state index in [2.05, 4.69) is 42.8 Å². The molecule has 1 aliphatic rings. The van der Waals surface area contributed by atoms with E-state index in [-0.39, 0.29) is 6.04 Å². The van der Waals surface area contributed by atoms with Gasteiger partial charge in [0, 0.05) is 12.8 Å². The Morgan fingerprint density at radius 3 is 2.11 bits per heavy atom. The Morgan fingerprint density at radius 2 is 1.68 bits per heavy atom. The third-order valence-corrected chi connectivity index (χ3v) is 3.43.